The van der Waals surface area contributed by atoms with E-state index in [4.69, 9.17) is 37.9 Å². The van der Waals surface area contributed by atoms with E-state index in [2.05, 4.69) is 27.7 Å². The lowest BCUT2D eigenvalue weighted by molar-refractivity contribution is -0.156. The van der Waals surface area contributed by atoms with E-state index < -0.39 is 71.4 Å². The molecule has 0 N–H and O–H groups in total. The van der Waals surface area contributed by atoms with Crippen molar-refractivity contribution in [1.82, 2.24) is 0 Å². The van der Waals surface area contributed by atoms with Crippen molar-refractivity contribution in [2.75, 3.05) is 0 Å². The number of carbonyl (C=O) groups is 8. The summed E-state index contributed by atoms with van der Waals surface area (Å²) in [6.07, 6.45) is 13.1. The highest BCUT2D eigenvalue weighted by Gasteiger charge is 2.49. The summed E-state index contributed by atoms with van der Waals surface area (Å²) >= 11 is 0. The zero-order chi connectivity index (χ0) is 91.5. The number of hydrogen-bond acceptors (Lipinski definition) is 16. The minimum atomic E-state index is -0.931. The minimum absolute atomic E-state index is 0.0593. The van der Waals surface area contributed by atoms with E-state index in [1.165, 1.54) is 0 Å². The summed E-state index contributed by atoms with van der Waals surface area (Å²) in [5.41, 5.74) is 6.25. The number of rotatable bonds is 6. The summed E-state index contributed by atoms with van der Waals surface area (Å²) in [7, 11) is 0. The Kier molecular flexibility index (Phi) is 23.4. The molecular weight excluding hydrogens is 1670 g/mol. The zero-order valence-electron chi connectivity index (χ0n) is 75.1. The average Bonchev–Trinajstić information content (AvgIpc) is 1.32. The van der Waals surface area contributed by atoms with E-state index in [0.717, 1.165) is 221 Å². The first-order valence-electron chi connectivity index (χ1n) is 47.4. The normalized spacial score (nSPS) is 20.9. The summed E-state index contributed by atoms with van der Waals surface area (Å²) in [5.74, 6) is -2.77. The van der Waals surface area contributed by atoms with Crippen LogP contribution in [-0.2, 0) is 38.4 Å². The van der Waals surface area contributed by atoms with E-state index in [0.29, 0.717) is 63.7 Å². The lowest BCUT2D eigenvalue weighted by atomic mass is 9.82. The van der Waals surface area contributed by atoms with Gasteiger partial charge in [-0.05, 0) is 221 Å². The Bertz CT molecular complexity index is 7070. The molecule has 8 unspecified atom stereocenters. The van der Waals surface area contributed by atoms with Crippen LogP contribution in [0.3, 0.4) is 0 Å². The van der Waals surface area contributed by atoms with Gasteiger partial charge in [-0.15, -0.1) is 0 Å². The second kappa shape index (κ2) is 36.5. The van der Waals surface area contributed by atoms with Gasteiger partial charge in [-0.1, -0.05) is 322 Å². The fourth-order valence-corrected chi connectivity index (χ4v) is 23.0. The van der Waals surface area contributed by atoms with Crippen LogP contribution in [0.1, 0.15) is 118 Å². The van der Waals surface area contributed by atoms with Gasteiger partial charge in [0.05, 0.1) is 0 Å². The molecule has 4 fully saturated rings. The Morgan fingerprint density at radius 1 is 0.224 bits per heavy atom. The Morgan fingerprint density at radius 3 is 0.687 bits per heavy atom. The lowest BCUT2D eigenvalue weighted by Crippen LogP contribution is -2.38. The maximum absolute atomic E-state index is 13.6. The Balaban J connectivity index is 0.000000107. The first-order chi connectivity index (χ1) is 65.5. The summed E-state index contributed by atoms with van der Waals surface area (Å²) in [6.45, 7) is 8.55. The molecule has 0 amide bonds. The molecule has 16 aromatic rings. The van der Waals surface area contributed by atoms with Gasteiger partial charge in [0.25, 0.3) is 0 Å². The van der Waals surface area contributed by atoms with Gasteiger partial charge in [-0.3, -0.25) is 38.4 Å². The van der Waals surface area contributed by atoms with Gasteiger partial charge < -0.3 is 37.9 Å². The first kappa shape index (κ1) is 86.1. The van der Waals surface area contributed by atoms with Crippen molar-refractivity contribution in [1.29, 1.82) is 0 Å². The number of carbonyl (C=O) groups excluding carboxylic acids is 8. The SMILES string of the molecule is CC1CCC(C2C(=O)Oc3ccc4ccccc4c3-c3c(ccc4ccccc34)OC2=O)C1.CC1CCCC1C1C(=O)Oc2ccc3ccccc3c2-c2c(ccc3ccccc23)OC1=O.CCC1CCC(C2C(=O)Oc3ccc4ccccc4c3-c3c(ccc4ccccc34)OC2=O)C1.CCC1CCCC1C1C(=O)Oc2ccc3ccccc3c2-c2c(ccc3ccccc23)OC1=O. The highest BCUT2D eigenvalue weighted by Crippen LogP contribution is 2.55. The maximum atomic E-state index is 13.6. The number of fused-ring (bicyclic) bond motifs is 28. The molecule has 0 aromatic heterocycles. The zero-order valence-corrected chi connectivity index (χ0v) is 75.1. The van der Waals surface area contributed by atoms with E-state index in [1.807, 2.05) is 291 Å². The molecule has 16 heteroatoms. The molecule has 4 aliphatic carbocycles. The van der Waals surface area contributed by atoms with E-state index in [-0.39, 0.29) is 29.6 Å². The summed E-state index contributed by atoms with van der Waals surface area (Å²) < 4.78 is 48.4. The summed E-state index contributed by atoms with van der Waals surface area (Å²) in [5, 5.41) is 15.8. The summed E-state index contributed by atoms with van der Waals surface area (Å²) in [4.78, 5) is 108. The van der Waals surface area contributed by atoms with Crippen LogP contribution in [-0.4, -0.2) is 47.8 Å². The van der Waals surface area contributed by atoms with Gasteiger partial charge in [0.1, 0.15) is 46.0 Å². The molecule has 668 valence electrons. The number of esters is 8. The molecule has 134 heavy (non-hydrogen) atoms. The molecule has 24 rings (SSSR count). The van der Waals surface area contributed by atoms with E-state index >= 15 is 0 Å². The fourth-order valence-electron chi connectivity index (χ4n) is 23.0. The summed E-state index contributed by atoms with van der Waals surface area (Å²) in [6, 6.07) is 94.5. The lowest BCUT2D eigenvalue weighted by Gasteiger charge is -2.24. The molecule has 16 nitrogen and oxygen atoms in total. The monoisotopic (exact) mass is 1770 g/mol. The van der Waals surface area contributed by atoms with Crippen molar-refractivity contribution in [2.24, 2.45) is 71.0 Å². The smallest absolute Gasteiger partial charge is 0.326 e. The van der Waals surface area contributed by atoms with Crippen LogP contribution in [0.15, 0.2) is 291 Å². The van der Waals surface area contributed by atoms with Crippen LogP contribution >= 0.6 is 0 Å². The Labute approximate surface area is 775 Å². The maximum Gasteiger partial charge on any atom is 0.326 e. The van der Waals surface area contributed by atoms with Gasteiger partial charge in [0, 0.05) is 44.5 Å². The van der Waals surface area contributed by atoms with Crippen LogP contribution in [0.2, 0.25) is 0 Å². The van der Waals surface area contributed by atoms with Crippen molar-refractivity contribution in [2.45, 2.75) is 118 Å². The molecule has 4 aliphatic heterocycles. The molecule has 8 aliphatic rings. The Morgan fingerprint density at radius 2 is 0.455 bits per heavy atom. The molecule has 8 atom stereocenters. The highest BCUT2D eigenvalue weighted by atomic mass is 16.6. The van der Waals surface area contributed by atoms with Crippen molar-refractivity contribution < 1.29 is 76.3 Å². The standard InChI is InChI=1S/2C30H26O4.2C29H24O4/c1-2-18-10-7-13-21(18)28-29(31)33-24-16-14-19-8-3-5-11-22(19)26(24)27-23-12-6-4-9-20(23)15-17-25(27)34-30(28)32;1-2-18-11-12-21(17-18)26-29(31)33-24-15-13-19-7-3-5-9-22(19)27(24)28-23-10-6-4-8-20(23)14-16-25(28)34-30(26)32;1-17-7-6-12-20(17)27-28(30)32-23-15-13-18-8-2-4-10-21(18)25(23)26-22-11-5-3-9-19(22)14-16-24(26)33-29(27)31;1-17-10-11-20(16-17)25-28(30)32-23-14-12-18-6-2-4-8-21(18)26(23)27-22-9-5-3-7-19(22)13-15-24(27)33-29(25)31/h3-6,8-9,11-12,14-18,21,28H,2,7,10,13H2,1H3;3-10,13-16,18,21,26H,2,11-12,17H2,1H3;2-5,8-11,13-17,20,27H,6-7,12H2,1H3;2-9,12-15,17,20,25H,10-11,16H2,1H3. The Hall–Kier alpha value is -14.6. The third kappa shape index (κ3) is 16.0. The number of benzene rings is 16. The van der Waals surface area contributed by atoms with Gasteiger partial charge in [0.15, 0.2) is 23.7 Å². The molecule has 0 bridgehead atoms. The number of ether oxygens (including phenoxy) is 8. The van der Waals surface area contributed by atoms with Crippen LogP contribution in [0.4, 0.5) is 0 Å². The van der Waals surface area contributed by atoms with E-state index in [1.54, 1.807) is 0 Å². The van der Waals surface area contributed by atoms with Crippen molar-refractivity contribution >= 4 is 134 Å². The molecule has 4 saturated carbocycles. The highest BCUT2D eigenvalue weighted by molar-refractivity contribution is 6.17. The van der Waals surface area contributed by atoms with Gasteiger partial charge in [0.2, 0.25) is 0 Å². The van der Waals surface area contributed by atoms with Crippen LogP contribution < -0.4 is 37.9 Å². The van der Waals surface area contributed by atoms with Crippen molar-refractivity contribution in [3.8, 4) is 90.5 Å². The van der Waals surface area contributed by atoms with Crippen LogP contribution in [0, 0.1) is 71.0 Å². The second-order valence-electron chi connectivity index (χ2n) is 37.4. The quantitative estimate of drug-likeness (QED) is 0.0861. The first-order valence-corrected chi connectivity index (χ1v) is 47.4. The molecule has 0 radical (unpaired) electrons. The van der Waals surface area contributed by atoms with Crippen LogP contribution in [0.5, 0.6) is 46.0 Å². The van der Waals surface area contributed by atoms with Crippen LogP contribution in [0.25, 0.3) is 131 Å². The molecule has 16 aromatic carbocycles. The predicted octanol–water partition coefficient (Wildman–Crippen LogP) is 26.9. The third-order valence-corrected chi connectivity index (χ3v) is 29.7. The van der Waals surface area contributed by atoms with Crippen molar-refractivity contribution in [3.05, 3.63) is 291 Å². The molecule has 4 heterocycles. The fraction of sp³-hybridized carbons (Fsp3) is 0.254. The largest absolute Gasteiger partial charge is 0.425 e. The average molecular weight is 1770 g/mol. The van der Waals surface area contributed by atoms with Gasteiger partial charge in [-0.25, -0.2) is 0 Å². The number of hydrogen-bond donors (Lipinski definition) is 0. The van der Waals surface area contributed by atoms with Gasteiger partial charge >= 0.3 is 47.8 Å². The molecule has 0 saturated heterocycles. The van der Waals surface area contributed by atoms with Crippen molar-refractivity contribution in [3.63, 3.8) is 0 Å². The van der Waals surface area contributed by atoms with Gasteiger partial charge in [-0.2, -0.15) is 0 Å². The third-order valence-electron chi connectivity index (χ3n) is 29.7. The topological polar surface area (TPSA) is 210 Å². The minimum Gasteiger partial charge on any atom is -0.425 e. The second-order valence-corrected chi connectivity index (χ2v) is 37.4. The molecule has 0 spiro atoms. The van der Waals surface area contributed by atoms with E-state index in [9.17, 15) is 38.4 Å². The predicted molar refractivity (Wildman–Crippen MR) is 522 cm³/mol. The molecular formula is C118H100O16.